The van der Waals surface area contributed by atoms with E-state index < -0.39 is 0 Å². The zero-order valence-electron chi connectivity index (χ0n) is 15.8. The maximum absolute atomic E-state index is 12.3. The van der Waals surface area contributed by atoms with Crippen molar-refractivity contribution in [3.05, 3.63) is 60.1 Å². The van der Waals surface area contributed by atoms with E-state index in [9.17, 15) is 4.79 Å². The lowest BCUT2D eigenvalue weighted by Crippen LogP contribution is -2.32. The molecule has 28 heavy (non-hydrogen) atoms. The number of hydrogen-bond acceptors (Lipinski definition) is 6. The Balaban J connectivity index is 1.30. The standard InChI is InChI=1S/C21H23N3O3S/c1-24(17-7-10-26-11-8-17)28-18-4-2-15(3-5-18)13-23-21(25)19-12-16-6-9-22-14-20(16)27-19/h2-6,9,12,14,17H,7-8,10-11,13H2,1H3,(H,23,25). The van der Waals surface area contributed by atoms with Crippen molar-refractivity contribution in [1.29, 1.82) is 0 Å². The van der Waals surface area contributed by atoms with E-state index >= 15 is 0 Å². The topological polar surface area (TPSA) is 67.6 Å². The van der Waals surface area contributed by atoms with Crippen LogP contribution >= 0.6 is 11.9 Å². The van der Waals surface area contributed by atoms with Gasteiger partial charge in [-0.25, -0.2) is 4.31 Å². The fraction of sp³-hybridized carbons (Fsp3) is 0.333. The van der Waals surface area contributed by atoms with Gasteiger partial charge in [-0.1, -0.05) is 12.1 Å². The number of nitrogens with zero attached hydrogens (tertiary/aromatic N) is 2. The van der Waals surface area contributed by atoms with Crippen molar-refractivity contribution in [2.45, 2.75) is 30.3 Å². The molecule has 0 bridgehead atoms. The zero-order valence-corrected chi connectivity index (χ0v) is 16.6. The second-order valence-electron chi connectivity index (χ2n) is 6.83. The number of carbonyl (C=O) groups excluding carboxylic acids is 1. The predicted octanol–water partition coefficient (Wildman–Crippen LogP) is 3.88. The molecule has 146 valence electrons. The molecule has 1 aliphatic heterocycles. The summed E-state index contributed by atoms with van der Waals surface area (Å²) >= 11 is 1.75. The van der Waals surface area contributed by atoms with Crippen molar-refractivity contribution < 1.29 is 13.9 Å². The molecule has 3 aromatic rings. The first-order chi connectivity index (χ1) is 13.7. The molecule has 2 aromatic heterocycles. The summed E-state index contributed by atoms with van der Waals surface area (Å²) in [6.45, 7) is 2.14. The SMILES string of the molecule is CN(Sc1ccc(CNC(=O)c2cc3ccncc3o2)cc1)C1CCOCC1. The number of furan rings is 1. The number of carbonyl (C=O) groups is 1. The Morgan fingerprint density at radius 1 is 1.25 bits per heavy atom. The van der Waals surface area contributed by atoms with Crippen molar-refractivity contribution >= 4 is 28.8 Å². The van der Waals surface area contributed by atoms with E-state index in [2.05, 4.69) is 33.8 Å². The lowest BCUT2D eigenvalue weighted by atomic mass is 10.1. The molecule has 4 rings (SSSR count). The number of fused-ring (bicyclic) bond motifs is 1. The molecule has 1 aliphatic rings. The maximum Gasteiger partial charge on any atom is 0.287 e. The highest BCUT2D eigenvalue weighted by atomic mass is 32.2. The molecular formula is C21H23N3O3S. The normalized spacial score (nSPS) is 15.2. The van der Waals surface area contributed by atoms with Gasteiger partial charge in [-0.15, -0.1) is 0 Å². The zero-order chi connectivity index (χ0) is 19.3. The van der Waals surface area contributed by atoms with E-state index in [4.69, 9.17) is 9.15 Å². The van der Waals surface area contributed by atoms with E-state index in [1.165, 1.54) is 4.90 Å². The second kappa shape index (κ2) is 8.77. The van der Waals surface area contributed by atoms with Crippen LogP contribution in [0, 0.1) is 0 Å². The van der Waals surface area contributed by atoms with Gasteiger partial charge in [0.1, 0.15) is 0 Å². The molecule has 3 heterocycles. The fourth-order valence-electron chi connectivity index (χ4n) is 3.22. The van der Waals surface area contributed by atoms with E-state index in [1.54, 1.807) is 30.4 Å². The van der Waals surface area contributed by atoms with Gasteiger partial charge in [-0.3, -0.25) is 9.78 Å². The van der Waals surface area contributed by atoms with Crippen LogP contribution in [0.3, 0.4) is 0 Å². The molecule has 1 N–H and O–H groups in total. The Hall–Kier alpha value is -2.35. The lowest BCUT2D eigenvalue weighted by Gasteiger charge is -2.30. The summed E-state index contributed by atoms with van der Waals surface area (Å²) in [6.07, 6.45) is 5.44. The van der Waals surface area contributed by atoms with E-state index in [0.717, 1.165) is 37.0 Å². The van der Waals surface area contributed by atoms with Crippen molar-refractivity contribution in [3.63, 3.8) is 0 Å². The molecule has 1 aromatic carbocycles. The Morgan fingerprint density at radius 2 is 2.04 bits per heavy atom. The number of benzene rings is 1. The van der Waals surface area contributed by atoms with Gasteiger partial charge in [0.25, 0.3) is 5.91 Å². The quantitative estimate of drug-likeness (QED) is 0.637. The maximum atomic E-state index is 12.3. The number of amides is 1. The highest BCUT2D eigenvalue weighted by Crippen LogP contribution is 2.27. The Labute approximate surface area is 168 Å². The second-order valence-corrected chi connectivity index (χ2v) is 8.06. The highest BCUT2D eigenvalue weighted by molar-refractivity contribution is 7.97. The summed E-state index contributed by atoms with van der Waals surface area (Å²) < 4.78 is 13.3. The molecule has 1 fully saturated rings. The molecule has 0 spiro atoms. The van der Waals surface area contributed by atoms with Crippen LogP contribution in [0.2, 0.25) is 0 Å². The van der Waals surface area contributed by atoms with Crippen molar-refractivity contribution in [1.82, 2.24) is 14.6 Å². The van der Waals surface area contributed by atoms with Crippen LogP contribution < -0.4 is 5.32 Å². The average molecular weight is 398 g/mol. The minimum absolute atomic E-state index is 0.228. The first-order valence-electron chi connectivity index (χ1n) is 9.38. The predicted molar refractivity (Wildman–Crippen MR) is 109 cm³/mol. The Morgan fingerprint density at radius 3 is 2.79 bits per heavy atom. The number of pyridine rings is 1. The smallest absolute Gasteiger partial charge is 0.287 e. The molecular weight excluding hydrogens is 374 g/mol. The number of aromatic nitrogens is 1. The van der Waals surface area contributed by atoms with E-state index in [-0.39, 0.29) is 5.91 Å². The Kier molecular flexibility index (Phi) is 5.95. The molecule has 0 aliphatic carbocycles. The lowest BCUT2D eigenvalue weighted by molar-refractivity contribution is 0.0652. The van der Waals surface area contributed by atoms with Crippen LogP contribution in [0.1, 0.15) is 29.0 Å². The van der Waals surface area contributed by atoms with Crippen LogP contribution in [-0.2, 0) is 11.3 Å². The molecule has 0 saturated carbocycles. The molecule has 6 nitrogen and oxygen atoms in total. The van der Waals surface area contributed by atoms with Crippen molar-refractivity contribution in [2.75, 3.05) is 20.3 Å². The number of hydrogen-bond donors (Lipinski definition) is 1. The average Bonchev–Trinajstić information content (AvgIpc) is 3.18. The van der Waals surface area contributed by atoms with Crippen LogP contribution in [-0.4, -0.2) is 41.5 Å². The summed E-state index contributed by atoms with van der Waals surface area (Å²) in [5, 5.41) is 3.77. The van der Waals surface area contributed by atoms with Gasteiger partial charge >= 0.3 is 0 Å². The summed E-state index contributed by atoms with van der Waals surface area (Å²) in [5.41, 5.74) is 1.66. The third kappa shape index (κ3) is 4.55. The number of nitrogens with one attached hydrogen (secondary N) is 1. The molecule has 1 amide bonds. The van der Waals surface area contributed by atoms with E-state index in [1.807, 2.05) is 18.2 Å². The first kappa shape index (κ1) is 19.0. The van der Waals surface area contributed by atoms with Crippen LogP contribution in [0.4, 0.5) is 0 Å². The van der Waals surface area contributed by atoms with Gasteiger partial charge in [-0.2, -0.15) is 0 Å². The highest BCUT2D eigenvalue weighted by Gasteiger charge is 2.19. The summed E-state index contributed by atoms with van der Waals surface area (Å²) in [7, 11) is 2.14. The molecule has 0 radical (unpaired) electrons. The number of ether oxygens (including phenoxy) is 1. The van der Waals surface area contributed by atoms with Crippen molar-refractivity contribution in [2.24, 2.45) is 0 Å². The minimum atomic E-state index is -0.228. The van der Waals surface area contributed by atoms with Gasteiger partial charge in [0, 0.05) is 42.3 Å². The summed E-state index contributed by atoms with van der Waals surface area (Å²) in [4.78, 5) is 17.5. The van der Waals surface area contributed by atoms with Crippen LogP contribution in [0.5, 0.6) is 0 Å². The largest absolute Gasteiger partial charge is 0.449 e. The first-order valence-corrected chi connectivity index (χ1v) is 10.2. The van der Waals surface area contributed by atoms with Gasteiger partial charge in [-0.05, 0) is 61.7 Å². The monoisotopic (exact) mass is 397 g/mol. The van der Waals surface area contributed by atoms with Gasteiger partial charge in [0.05, 0.1) is 6.20 Å². The van der Waals surface area contributed by atoms with Crippen LogP contribution in [0.15, 0.2) is 58.1 Å². The molecule has 7 heteroatoms. The van der Waals surface area contributed by atoms with Gasteiger partial charge in [0.15, 0.2) is 11.3 Å². The Bertz CT molecular complexity index is 902. The molecule has 0 unspecified atom stereocenters. The number of rotatable bonds is 6. The summed E-state index contributed by atoms with van der Waals surface area (Å²) in [5.74, 6) is 0.0714. The van der Waals surface area contributed by atoms with Gasteiger partial charge in [0.2, 0.25) is 0 Å². The van der Waals surface area contributed by atoms with Crippen LogP contribution in [0.25, 0.3) is 11.0 Å². The van der Waals surface area contributed by atoms with E-state index in [0.29, 0.717) is 23.9 Å². The van der Waals surface area contributed by atoms with Gasteiger partial charge < -0.3 is 14.5 Å². The third-order valence-corrected chi connectivity index (χ3v) is 5.95. The third-order valence-electron chi connectivity index (χ3n) is 4.88. The minimum Gasteiger partial charge on any atom is -0.449 e. The van der Waals surface area contributed by atoms with Crippen molar-refractivity contribution in [3.8, 4) is 0 Å². The molecule has 0 atom stereocenters. The fourth-order valence-corrected chi connectivity index (χ4v) is 4.17. The summed E-state index contributed by atoms with van der Waals surface area (Å²) in [6, 6.07) is 12.4. The molecule has 1 saturated heterocycles.